The molecule has 3 aromatic rings. The average molecular weight is 531 g/mol. The second kappa shape index (κ2) is 12.0. The van der Waals surface area contributed by atoms with Crippen molar-refractivity contribution < 1.29 is 19.1 Å². The van der Waals surface area contributed by atoms with Gasteiger partial charge in [0, 0.05) is 31.8 Å². The fourth-order valence-corrected chi connectivity index (χ4v) is 5.45. The van der Waals surface area contributed by atoms with Crippen molar-refractivity contribution in [1.82, 2.24) is 19.8 Å². The zero-order valence-corrected chi connectivity index (χ0v) is 22.9. The molecule has 1 N–H and O–H groups in total. The molecule has 2 aliphatic rings. The molecule has 3 heterocycles. The maximum Gasteiger partial charge on any atom is 0.254 e. The second-order valence-electron chi connectivity index (χ2n) is 10.6. The summed E-state index contributed by atoms with van der Waals surface area (Å²) in [5, 5.41) is 2.98. The Bertz CT molecular complexity index is 1350. The maximum atomic E-state index is 13.3. The third-order valence-electron chi connectivity index (χ3n) is 7.49. The maximum absolute atomic E-state index is 13.3. The number of imidazole rings is 1. The lowest BCUT2D eigenvalue weighted by atomic mass is 9.94. The second-order valence-corrected chi connectivity index (χ2v) is 10.6. The first-order valence-corrected chi connectivity index (χ1v) is 14.0. The summed E-state index contributed by atoms with van der Waals surface area (Å²) in [4.78, 5) is 33.3. The minimum atomic E-state index is -1.10. The van der Waals surface area contributed by atoms with Crippen molar-refractivity contribution in [1.29, 1.82) is 0 Å². The number of morpholine rings is 1. The Kier molecular flexibility index (Phi) is 8.31. The molecule has 1 unspecified atom stereocenters. The molecular formula is C31H38N4O4. The van der Waals surface area contributed by atoms with E-state index in [1.807, 2.05) is 54.6 Å². The fraction of sp³-hybridized carbons (Fsp3) is 0.452. The number of hydrogen-bond donors (Lipinski definition) is 1. The van der Waals surface area contributed by atoms with Gasteiger partial charge in [-0.3, -0.25) is 9.59 Å². The van der Waals surface area contributed by atoms with E-state index in [9.17, 15) is 9.59 Å². The van der Waals surface area contributed by atoms with Crippen molar-refractivity contribution in [2.75, 3.05) is 32.8 Å². The highest BCUT2D eigenvalue weighted by atomic mass is 16.5. The van der Waals surface area contributed by atoms with Crippen LogP contribution in [0.15, 0.2) is 60.7 Å². The van der Waals surface area contributed by atoms with Gasteiger partial charge in [-0.1, -0.05) is 56.3 Å². The third kappa shape index (κ3) is 6.01. The van der Waals surface area contributed by atoms with E-state index in [0.717, 1.165) is 34.7 Å². The van der Waals surface area contributed by atoms with Crippen LogP contribution in [0.4, 0.5) is 0 Å². The standard InChI is InChI=1S/C31H38N4O4/c1-23(2)29-33-25-12-4-5-13-26(25)35(29)18-9-15-28(36)34-19-21-39-31(22-34)16-8-7-11-24-10-3-6-14-27(24)38-20-17-32-30(31)37/h3-8,10,12-14,23H,9,11,15-22H2,1-2H3,(H,32,37)/b8-7+. The summed E-state index contributed by atoms with van der Waals surface area (Å²) in [7, 11) is 0. The summed E-state index contributed by atoms with van der Waals surface area (Å²) in [6.45, 7) is 6.80. The average Bonchev–Trinajstić information content (AvgIpc) is 3.32. The van der Waals surface area contributed by atoms with Crippen LogP contribution in [0, 0.1) is 0 Å². The minimum Gasteiger partial charge on any atom is -0.491 e. The van der Waals surface area contributed by atoms with Crippen LogP contribution in [0.3, 0.4) is 0 Å². The zero-order chi connectivity index (χ0) is 27.2. The lowest BCUT2D eigenvalue weighted by molar-refractivity contribution is -0.165. The molecule has 1 fully saturated rings. The van der Waals surface area contributed by atoms with Crippen LogP contribution in [0.25, 0.3) is 11.0 Å². The van der Waals surface area contributed by atoms with E-state index in [-0.39, 0.29) is 18.4 Å². The quantitative estimate of drug-likeness (QED) is 0.499. The van der Waals surface area contributed by atoms with Gasteiger partial charge in [-0.25, -0.2) is 4.98 Å². The Morgan fingerprint density at radius 2 is 1.92 bits per heavy atom. The van der Waals surface area contributed by atoms with Crippen molar-refractivity contribution in [2.24, 2.45) is 0 Å². The van der Waals surface area contributed by atoms with Crippen LogP contribution in [-0.2, 0) is 27.3 Å². The Balaban J connectivity index is 1.25. The van der Waals surface area contributed by atoms with Crippen molar-refractivity contribution in [3.63, 3.8) is 0 Å². The van der Waals surface area contributed by atoms with Gasteiger partial charge in [0.05, 0.1) is 30.7 Å². The van der Waals surface area contributed by atoms with E-state index < -0.39 is 5.60 Å². The SMILES string of the molecule is CC(C)c1nc2ccccc2n1CCCC(=O)N1CCOC2(C/C=C/Cc3ccccc3OCCNC2=O)C1. The highest BCUT2D eigenvalue weighted by Crippen LogP contribution is 2.26. The van der Waals surface area contributed by atoms with Crippen LogP contribution in [0.2, 0.25) is 0 Å². The first-order valence-electron chi connectivity index (χ1n) is 14.0. The Morgan fingerprint density at radius 3 is 2.79 bits per heavy atom. The molecule has 0 aliphatic carbocycles. The molecule has 2 amide bonds. The van der Waals surface area contributed by atoms with Crippen molar-refractivity contribution in [3.8, 4) is 5.75 Å². The lowest BCUT2D eigenvalue weighted by Crippen LogP contribution is -2.61. The fourth-order valence-electron chi connectivity index (χ4n) is 5.45. The van der Waals surface area contributed by atoms with Gasteiger partial charge < -0.3 is 24.3 Å². The van der Waals surface area contributed by atoms with Crippen LogP contribution in [0.1, 0.15) is 50.4 Å². The number of carbonyl (C=O) groups excluding carboxylic acids is 2. The predicted octanol–water partition coefficient (Wildman–Crippen LogP) is 4.24. The number of aryl methyl sites for hydroxylation is 1. The number of amides is 2. The number of fused-ring (bicyclic) bond motifs is 2. The molecule has 1 saturated heterocycles. The summed E-state index contributed by atoms with van der Waals surface area (Å²) < 4.78 is 14.3. The number of carbonyl (C=O) groups is 2. The van der Waals surface area contributed by atoms with Crippen molar-refractivity contribution >= 4 is 22.8 Å². The number of rotatable bonds is 5. The predicted molar refractivity (Wildman–Crippen MR) is 151 cm³/mol. The van der Waals surface area contributed by atoms with Gasteiger partial charge in [-0.15, -0.1) is 0 Å². The van der Waals surface area contributed by atoms with E-state index in [4.69, 9.17) is 14.5 Å². The van der Waals surface area contributed by atoms with Crippen LogP contribution in [-0.4, -0.2) is 64.7 Å². The zero-order valence-electron chi connectivity index (χ0n) is 22.9. The summed E-state index contributed by atoms with van der Waals surface area (Å²) in [6, 6.07) is 16.1. The number of ether oxygens (including phenoxy) is 2. The molecular weight excluding hydrogens is 492 g/mol. The molecule has 8 nitrogen and oxygen atoms in total. The first-order chi connectivity index (χ1) is 19.0. The van der Waals surface area contributed by atoms with E-state index in [0.29, 0.717) is 57.9 Å². The van der Waals surface area contributed by atoms with Crippen LogP contribution in [0.5, 0.6) is 5.75 Å². The van der Waals surface area contributed by atoms with E-state index in [2.05, 4.69) is 29.8 Å². The molecule has 39 heavy (non-hydrogen) atoms. The topological polar surface area (TPSA) is 85.7 Å². The number of nitrogens with one attached hydrogen (secondary N) is 1. The molecule has 1 atom stereocenters. The minimum absolute atomic E-state index is 0.0494. The number of para-hydroxylation sites is 3. The number of allylic oxidation sites excluding steroid dienone is 1. The summed E-state index contributed by atoms with van der Waals surface area (Å²) in [5.74, 6) is 2.01. The van der Waals surface area contributed by atoms with Crippen molar-refractivity contribution in [3.05, 3.63) is 72.1 Å². The number of hydrogen-bond acceptors (Lipinski definition) is 5. The van der Waals surface area contributed by atoms with Gasteiger partial charge in [-0.05, 0) is 36.6 Å². The van der Waals surface area contributed by atoms with E-state index in [1.54, 1.807) is 4.90 Å². The van der Waals surface area contributed by atoms with Gasteiger partial charge in [-0.2, -0.15) is 0 Å². The van der Waals surface area contributed by atoms with E-state index in [1.165, 1.54) is 0 Å². The Hall–Kier alpha value is -3.65. The summed E-state index contributed by atoms with van der Waals surface area (Å²) in [5.41, 5.74) is 2.08. The Labute approximate surface area is 230 Å². The highest BCUT2D eigenvalue weighted by Gasteiger charge is 2.44. The third-order valence-corrected chi connectivity index (χ3v) is 7.49. The molecule has 1 aromatic heterocycles. The molecule has 0 saturated carbocycles. The van der Waals surface area contributed by atoms with Gasteiger partial charge in [0.15, 0.2) is 5.60 Å². The molecule has 2 aliphatic heterocycles. The molecule has 1 spiro atoms. The number of nitrogens with zero attached hydrogens (tertiary/aromatic N) is 3. The highest BCUT2D eigenvalue weighted by molar-refractivity contribution is 5.87. The largest absolute Gasteiger partial charge is 0.491 e. The number of aromatic nitrogens is 2. The van der Waals surface area contributed by atoms with Gasteiger partial charge in [0.25, 0.3) is 5.91 Å². The lowest BCUT2D eigenvalue weighted by Gasteiger charge is -2.41. The van der Waals surface area contributed by atoms with Crippen LogP contribution < -0.4 is 10.1 Å². The van der Waals surface area contributed by atoms with Gasteiger partial charge >= 0.3 is 0 Å². The molecule has 206 valence electrons. The van der Waals surface area contributed by atoms with Gasteiger partial charge in [0.2, 0.25) is 5.91 Å². The summed E-state index contributed by atoms with van der Waals surface area (Å²) in [6.07, 6.45) is 6.25. The first kappa shape index (κ1) is 26.9. The van der Waals surface area contributed by atoms with Gasteiger partial charge in [0.1, 0.15) is 18.2 Å². The normalized spacial score (nSPS) is 21.1. The molecule has 2 aromatic carbocycles. The summed E-state index contributed by atoms with van der Waals surface area (Å²) >= 11 is 0. The van der Waals surface area contributed by atoms with Crippen molar-refractivity contribution in [2.45, 2.75) is 57.6 Å². The smallest absolute Gasteiger partial charge is 0.254 e. The van der Waals surface area contributed by atoms with E-state index >= 15 is 0 Å². The Morgan fingerprint density at radius 1 is 1.10 bits per heavy atom. The monoisotopic (exact) mass is 530 g/mol. The molecule has 8 heteroatoms. The number of benzene rings is 2. The van der Waals surface area contributed by atoms with Crippen LogP contribution >= 0.6 is 0 Å². The molecule has 5 rings (SSSR count). The molecule has 0 bridgehead atoms. The molecule has 0 radical (unpaired) electrons.